The third-order valence-electron chi connectivity index (χ3n) is 3.78. The van der Waals surface area contributed by atoms with Crippen LogP contribution in [-0.4, -0.2) is 17.2 Å². The van der Waals surface area contributed by atoms with Crippen molar-refractivity contribution in [3.8, 4) is 5.75 Å². The van der Waals surface area contributed by atoms with Gasteiger partial charge in [0.05, 0.1) is 0 Å². The lowest BCUT2D eigenvalue weighted by Gasteiger charge is -2.16. The highest BCUT2D eigenvalue weighted by molar-refractivity contribution is 5.84. The van der Waals surface area contributed by atoms with E-state index >= 15 is 0 Å². The monoisotopic (exact) mass is 306 g/mol. The van der Waals surface area contributed by atoms with Crippen LogP contribution in [0.4, 0.5) is 0 Å². The molecule has 116 valence electrons. The number of aryl methyl sites for hydroxylation is 1. The summed E-state index contributed by atoms with van der Waals surface area (Å²) in [7, 11) is 0. The maximum Gasteiger partial charge on any atom is 0.345 e. The number of carboxylic acid groups (broad SMARTS) is 1. The molecule has 0 saturated heterocycles. The van der Waals surface area contributed by atoms with E-state index < -0.39 is 12.1 Å². The van der Waals surface area contributed by atoms with Crippen molar-refractivity contribution < 1.29 is 14.6 Å². The predicted molar refractivity (Wildman–Crippen MR) is 90.9 cm³/mol. The van der Waals surface area contributed by atoms with Crippen LogP contribution in [0.25, 0.3) is 10.8 Å². The normalized spacial score (nSPS) is 12.0. The van der Waals surface area contributed by atoms with Crippen molar-refractivity contribution in [3.63, 3.8) is 0 Å². The van der Waals surface area contributed by atoms with Crippen LogP contribution >= 0.6 is 0 Å². The van der Waals surface area contributed by atoms with Crippen molar-refractivity contribution in [2.45, 2.75) is 19.4 Å². The van der Waals surface area contributed by atoms with Crippen LogP contribution in [0.5, 0.6) is 5.75 Å². The summed E-state index contributed by atoms with van der Waals surface area (Å²) in [6, 6.07) is 21.4. The van der Waals surface area contributed by atoms with Crippen LogP contribution in [0.15, 0.2) is 66.7 Å². The van der Waals surface area contributed by atoms with Crippen molar-refractivity contribution in [1.29, 1.82) is 0 Å². The van der Waals surface area contributed by atoms with Gasteiger partial charge in [0.1, 0.15) is 5.75 Å². The summed E-state index contributed by atoms with van der Waals surface area (Å²) >= 11 is 0. The van der Waals surface area contributed by atoms with Crippen LogP contribution in [0, 0.1) is 6.92 Å². The fraction of sp³-hybridized carbons (Fsp3) is 0.150. The fourth-order valence-corrected chi connectivity index (χ4v) is 2.64. The number of ether oxygens (including phenoxy) is 1. The number of fused-ring (bicyclic) bond motifs is 1. The second kappa shape index (κ2) is 6.53. The zero-order valence-corrected chi connectivity index (χ0v) is 12.9. The Labute approximate surface area is 135 Å². The maximum atomic E-state index is 11.5. The minimum atomic E-state index is -0.959. The molecule has 0 aliphatic carbocycles. The number of benzene rings is 3. The highest BCUT2D eigenvalue weighted by Gasteiger charge is 2.20. The molecule has 0 aliphatic heterocycles. The Morgan fingerprint density at radius 1 is 1.00 bits per heavy atom. The van der Waals surface area contributed by atoms with Gasteiger partial charge in [0, 0.05) is 6.42 Å². The molecular weight excluding hydrogens is 288 g/mol. The molecule has 0 aliphatic rings. The number of rotatable bonds is 5. The maximum absolute atomic E-state index is 11.5. The van der Waals surface area contributed by atoms with Crippen molar-refractivity contribution in [2.24, 2.45) is 0 Å². The van der Waals surface area contributed by atoms with E-state index in [0.717, 1.165) is 21.9 Å². The first-order valence-electron chi connectivity index (χ1n) is 7.55. The molecule has 0 bridgehead atoms. The van der Waals surface area contributed by atoms with E-state index in [1.54, 1.807) is 0 Å². The van der Waals surface area contributed by atoms with Gasteiger partial charge in [0.2, 0.25) is 0 Å². The van der Waals surface area contributed by atoms with Crippen LogP contribution in [0.2, 0.25) is 0 Å². The summed E-state index contributed by atoms with van der Waals surface area (Å²) < 4.78 is 5.73. The lowest BCUT2D eigenvalue weighted by Crippen LogP contribution is -2.29. The molecule has 3 aromatic rings. The summed E-state index contributed by atoms with van der Waals surface area (Å²) in [5.74, 6) is -0.386. The van der Waals surface area contributed by atoms with Gasteiger partial charge >= 0.3 is 5.97 Å². The van der Waals surface area contributed by atoms with Crippen LogP contribution in [0.3, 0.4) is 0 Å². The van der Waals surface area contributed by atoms with E-state index in [9.17, 15) is 9.90 Å². The van der Waals surface area contributed by atoms with E-state index in [2.05, 4.69) is 0 Å². The summed E-state index contributed by atoms with van der Waals surface area (Å²) in [5, 5.41) is 11.6. The Bertz CT molecular complexity index is 839. The lowest BCUT2D eigenvalue weighted by atomic mass is 10.1. The molecule has 3 rings (SSSR count). The smallest absolute Gasteiger partial charge is 0.345 e. The Balaban J connectivity index is 1.82. The molecule has 0 fully saturated rings. The zero-order chi connectivity index (χ0) is 16.2. The highest BCUT2D eigenvalue weighted by atomic mass is 16.5. The van der Waals surface area contributed by atoms with Gasteiger partial charge < -0.3 is 9.84 Å². The third kappa shape index (κ3) is 3.69. The molecule has 0 radical (unpaired) electrons. The molecule has 3 aromatic carbocycles. The van der Waals surface area contributed by atoms with E-state index in [-0.39, 0.29) is 0 Å². The van der Waals surface area contributed by atoms with Gasteiger partial charge in [-0.2, -0.15) is 0 Å². The van der Waals surface area contributed by atoms with Gasteiger partial charge in [-0.1, -0.05) is 60.2 Å². The molecule has 0 saturated carbocycles. The molecular formula is C20H18O3. The standard InChI is InChI=1S/C20H18O3/c1-14-5-4-6-15(11-14)12-19(20(21)22)23-18-10-9-16-7-2-3-8-17(16)13-18/h2-11,13,19H,12H2,1H3,(H,21,22). The second-order valence-corrected chi connectivity index (χ2v) is 5.65. The van der Waals surface area contributed by atoms with Crippen molar-refractivity contribution in [3.05, 3.63) is 77.9 Å². The van der Waals surface area contributed by atoms with Crippen LogP contribution in [-0.2, 0) is 11.2 Å². The number of aliphatic carboxylic acids is 1. The minimum Gasteiger partial charge on any atom is -0.478 e. The largest absolute Gasteiger partial charge is 0.478 e. The number of hydrogen-bond acceptors (Lipinski definition) is 2. The number of carbonyl (C=O) groups is 1. The van der Waals surface area contributed by atoms with E-state index in [1.165, 1.54) is 0 Å². The van der Waals surface area contributed by atoms with Gasteiger partial charge in [-0.15, -0.1) is 0 Å². The van der Waals surface area contributed by atoms with Gasteiger partial charge in [-0.25, -0.2) is 4.79 Å². The van der Waals surface area contributed by atoms with Crippen LogP contribution in [0.1, 0.15) is 11.1 Å². The van der Waals surface area contributed by atoms with Crippen LogP contribution < -0.4 is 4.74 Å². The Hall–Kier alpha value is -2.81. The molecule has 3 heteroatoms. The Morgan fingerprint density at radius 2 is 1.78 bits per heavy atom. The molecule has 3 nitrogen and oxygen atoms in total. The average Bonchev–Trinajstić information content (AvgIpc) is 2.54. The quantitative estimate of drug-likeness (QED) is 0.767. The van der Waals surface area contributed by atoms with Crippen molar-refractivity contribution >= 4 is 16.7 Å². The lowest BCUT2D eigenvalue weighted by molar-refractivity contribution is -0.145. The minimum absolute atomic E-state index is 0.337. The molecule has 0 aromatic heterocycles. The topological polar surface area (TPSA) is 46.5 Å². The zero-order valence-electron chi connectivity index (χ0n) is 12.9. The summed E-state index contributed by atoms with van der Waals surface area (Å²) in [4.78, 5) is 11.5. The molecule has 0 amide bonds. The van der Waals surface area contributed by atoms with E-state index in [4.69, 9.17) is 4.74 Å². The van der Waals surface area contributed by atoms with Gasteiger partial charge in [-0.3, -0.25) is 0 Å². The fourth-order valence-electron chi connectivity index (χ4n) is 2.64. The molecule has 1 unspecified atom stereocenters. The summed E-state index contributed by atoms with van der Waals surface area (Å²) in [5.41, 5.74) is 2.07. The first-order valence-corrected chi connectivity index (χ1v) is 7.55. The average molecular weight is 306 g/mol. The van der Waals surface area contributed by atoms with Crippen molar-refractivity contribution in [1.82, 2.24) is 0 Å². The molecule has 0 spiro atoms. The Kier molecular flexibility index (Phi) is 4.29. The van der Waals surface area contributed by atoms with Gasteiger partial charge in [0.15, 0.2) is 6.10 Å². The molecule has 1 atom stereocenters. The summed E-state index contributed by atoms with van der Waals surface area (Å²) in [6.45, 7) is 1.99. The second-order valence-electron chi connectivity index (χ2n) is 5.65. The highest BCUT2D eigenvalue weighted by Crippen LogP contribution is 2.22. The SMILES string of the molecule is Cc1cccc(CC(Oc2ccc3ccccc3c2)C(=O)O)c1. The first kappa shape index (κ1) is 15.1. The first-order chi connectivity index (χ1) is 11.1. The number of carboxylic acids is 1. The van der Waals surface area contributed by atoms with E-state index in [1.807, 2.05) is 73.7 Å². The van der Waals surface area contributed by atoms with Crippen molar-refractivity contribution in [2.75, 3.05) is 0 Å². The summed E-state index contributed by atoms with van der Waals surface area (Å²) in [6.07, 6.45) is -0.568. The molecule has 23 heavy (non-hydrogen) atoms. The Morgan fingerprint density at radius 3 is 2.52 bits per heavy atom. The van der Waals surface area contributed by atoms with Gasteiger partial charge in [-0.05, 0) is 35.4 Å². The number of hydrogen-bond donors (Lipinski definition) is 1. The van der Waals surface area contributed by atoms with Gasteiger partial charge in [0.25, 0.3) is 0 Å². The molecule has 1 N–H and O–H groups in total. The predicted octanol–water partition coefficient (Wildman–Crippen LogP) is 4.22. The molecule has 0 heterocycles. The van der Waals surface area contributed by atoms with E-state index in [0.29, 0.717) is 12.2 Å². The third-order valence-corrected chi connectivity index (χ3v) is 3.78.